The molecular formula is C32H28ClN5O3S. The van der Waals surface area contributed by atoms with Gasteiger partial charge in [-0.1, -0.05) is 11.6 Å². The Bertz CT molecular complexity index is 2010. The molecule has 0 bridgehead atoms. The lowest BCUT2D eigenvalue weighted by Crippen LogP contribution is -2.23. The minimum Gasteiger partial charge on any atom is -0.487 e. The molecule has 0 saturated carbocycles. The van der Waals surface area contributed by atoms with Crippen molar-refractivity contribution in [1.82, 2.24) is 24.5 Å². The van der Waals surface area contributed by atoms with Crippen LogP contribution < -0.4 is 4.74 Å². The van der Waals surface area contributed by atoms with Crippen molar-refractivity contribution in [2.24, 2.45) is 7.05 Å². The van der Waals surface area contributed by atoms with E-state index in [0.29, 0.717) is 10.8 Å². The second kappa shape index (κ2) is 10.5. The van der Waals surface area contributed by atoms with E-state index in [2.05, 4.69) is 15.0 Å². The molecule has 2 aromatic carbocycles. The van der Waals surface area contributed by atoms with Gasteiger partial charge in [0.05, 0.1) is 28.7 Å². The average molecular weight is 598 g/mol. The first-order valence-corrected chi connectivity index (χ1v) is 14.5. The lowest BCUT2D eigenvalue weighted by molar-refractivity contribution is -0.136. The van der Waals surface area contributed by atoms with Crippen molar-refractivity contribution >= 4 is 50.3 Å². The molecule has 0 aliphatic carbocycles. The van der Waals surface area contributed by atoms with E-state index in [1.807, 2.05) is 69.6 Å². The van der Waals surface area contributed by atoms with E-state index < -0.39 is 11.6 Å². The van der Waals surface area contributed by atoms with Gasteiger partial charge in [0, 0.05) is 46.7 Å². The number of benzene rings is 2. The number of carboxylic acids is 1. The highest BCUT2D eigenvalue weighted by molar-refractivity contribution is 7.22. The third-order valence-electron chi connectivity index (χ3n) is 6.82. The van der Waals surface area contributed by atoms with E-state index in [9.17, 15) is 9.90 Å². The first-order valence-electron chi connectivity index (χ1n) is 13.3. The average Bonchev–Trinajstić information content (AvgIpc) is 3.52. The summed E-state index contributed by atoms with van der Waals surface area (Å²) in [6.45, 7) is 7.82. The van der Waals surface area contributed by atoms with Crippen LogP contribution in [0, 0.1) is 6.92 Å². The molecule has 0 atom stereocenters. The van der Waals surface area contributed by atoms with Crippen LogP contribution in [0.5, 0.6) is 5.75 Å². The number of fused-ring (bicyclic) bond motifs is 2. The maximum absolute atomic E-state index is 12.0. The number of carbonyl (C=O) groups is 1. The summed E-state index contributed by atoms with van der Waals surface area (Å²) in [7, 11) is 1.91. The summed E-state index contributed by atoms with van der Waals surface area (Å²) in [6, 6.07) is 13.3. The zero-order valence-electron chi connectivity index (χ0n) is 23.8. The molecule has 1 N–H and O–H groups in total. The van der Waals surface area contributed by atoms with Crippen LogP contribution in [-0.2, 0) is 18.3 Å². The zero-order valence-corrected chi connectivity index (χ0v) is 25.3. The van der Waals surface area contributed by atoms with Gasteiger partial charge >= 0.3 is 5.97 Å². The number of hydrogen-bond donors (Lipinski definition) is 1. The Morgan fingerprint density at radius 1 is 1.05 bits per heavy atom. The first-order chi connectivity index (χ1) is 20.0. The number of aryl methyl sites for hydroxylation is 2. The number of aliphatic carboxylic acids is 1. The van der Waals surface area contributed by atoms with Gasteiger partial charge in [-0.3, -0.25) is 9.78 Å². The first kappa shape index (κ1) is 27.8. The van der Waals surface area contributed by atoms with E-state index in [1.54, 1.807) is 30.9 Å². The number of hydrogen-bond acceptors (Lipinski definition) is 7. The van der Waals surface area contributed by atoms with Crippen LogP contribution in [0.3, 0.4) is 0 Å². The van der Waals surface area contributed by atoms with Crippen LogP contribution in [0.4, 0.5) is 0 Å². The Kier molecular flexibility index (Phi) is 6.95. The minimum absolute atomic E-state index is 0.135. The Morgan fingerprint density at radius 2 is 1.86 bits per heavy atom. The fraction of sp³-hybridized carbons (Fsp3) is 0.219. The summed E-state index contributed by atoms with van der Waals surface area (Å²) in [5, 5.41) is 11.2. The summed E-state index contributed by atoms with van der Waals surface area (Å²) in [6.07, 6.45) is 5.16. The quantitative estimate of drug-likeness (QED) is 0.209. The van der Waals surface area contributed by atoms with E-state index in [4.69, 9.17) is 21.3 Å². The van der Waals surface area contributed by atoms with Gasteiger partial charge in [-0.2, -0.15) is 0 Å². The molecule has 8 nitrogen and oxygen atoms in total. The molecule has 0 aliphatic rings. The molecular weight excluding hydrogens is 570 g/mol. The Balaban J connectivity index is 1.53. The highest BCUT2D eigenvalue weighted by Gasteiger charge is 2.24. The fourth-order valence-electron chi connectivity index (χ4n) is 5.02. The van der Waals surface area contributed by atoms with Crippen molar-refractivity contribution in [3.8, 4) is 38.7 Å². The molecule has 212 valence electrons. The van der Waals surface area contributed by atoms with E-state index in [0.717, 1.165) is 65.5 Å². The minimum atomic E-state index is -0.909. The second-order valence-corrected chi connectivity index (χ2v) is 12.6. The zero-order chi connectivity index (χ0) is 29.8. The number of imidazole rings is 1. The van der Waals surface area contributed by atoms with E-state index >= 15 is 0 Å². The SMILES string of the molecule is Cc1cc2nc(-c3ccnc(-c4cnc5c(c4)ncn5C)c3)sc2c(-c2ccc(Cl)cc2OC(C)(C)C)c1CC(=O)O. The van der Waals surface area contributed by atoms with Gasteiger partial charge in [-0.05, 0) is 81.3 Å². The number of pyridine rings is 2. The van der Waals surface area contributed by atoms with Crippen LogP contribution in [-0.4, -0.2) is 41.2 Å². The predicted octanol–water partition coefficient (Wildman–Crippen LogP) is 7.74. The van der Waals surface area contributed by atoms with Gasteiger partial charge in [-0.25, -0.2) is 15.0 Å². The number of rotatable bonds is 6. The third-order valence-corrected chi connectivity index (χ3v) is 8.20. The van der Waals surface area contributed by atoms with Gasteiger partial charge < -0.3 is 14.4 Å². The summed E-state index contributed by atoms with van der Waals surface area (Å²) in [5.74, 6) is -0.319. The van der Waals surface area contributed by atoms with Crippen LogP contribution in [0.2, 0.25) is 5.02 Å². The van der Waals surface area contributed by atoms with E-state index in [-0.39, 0.29) is 6.42 Å². The second-order valence-electron chi connectivity index (χ2n) is 11.2. The van der Waals surface area contributed by atoms with Crippen molar-refractivity contribution in [1.29, 1.82) is 0 Å². The summed E-state index contributed by atoms with van der Waals surface area (Å²) < 4.78 is 9.09. The molecule has 6 aromatic rings. The number of ether oxygens (including phenoxy) is 1. The Hall–Kier alpha value is -4.34. The van der Waals surface area contributed by atoms with Crippen LogP contribution >= 0.6 is 22.9 Å². The van der Waals surface area contributed by atoms with Crippen molar-refractivity contribution in [2.75, 3.05) is 0 Å². The normalized spacial score (nSPS) is 11.9. The number of aromatic nitrogens is 5. The molecule has 0 amide bonds. The molecule has 6 rings (SSSR count). The largest absolute Gasteiger partial charge is 0.487 e. The standard InChI is InChI=1S/C32H28ClN5O3S/c1-17-10-24-29(28(22(17)14-27(39)40)21-7-6-20(33)13-26(21)41-32(2,3)4)42-31(37-24)18-8-9-34-23(11-18)19-12-25-30(35-15-19)38(5)16-36-25/h6-13,15-16H,14H2,1-5H3,(H,39,40). The third kappa shape index (κ3) is 5.33. The van der Waals surface area contributed by atoms with Gasteiger partial charge in [-0.15, -0.1) is 11.3 Å². The molecule has 10 heteroatoms. The predicted molar refractivity (Wildman–Crippen MR) is 167 cm³/mol. The highest BCUT2D eigenvalue weighted by atomic mass is 35.5. The summed E-state index contributed by atoms with van der Waals surface area (Å²) >= 11 is 7.90. The number of halogens is 1. The fourth-order valence-corrected chi connectivity index (χ4v) is 6.31. The van der Waals surface area contributed by atoms with Crippen molar-refractivity contribution in [3.05, 3.63) is 77.3 Å². The topological polar surface area (TPSA) is 103 Å². The number of carboxylic acid groups (broad SMARTS) is 1. The smallest absolute Gasteiger partial charge is 0.307 e. The van der Waals surface area contributed by atoms with Crippen molar-refractivity contribution in [3.63, 3.8) is 0 Å². The molecule has 4 aromatic heterocycles. The van der Waals surface area contributed by atoms with Crippen LogP contribution in [0.1, 0.15) is 31.9 Å². The highest BCUT2D eigenvalue weighted by Crippen LogP contribution is 2.45. The lowest BCUT2D eigenvalue weighted by Gasteiger charge is -2.24. The van der Waals surface area contributed by atoms with Crippen molar-refractivity contribution in [2.45, 2.75) is 39.7 Å². The maximum Gasteiger partial charge on any atom is 0.307 e. The molecule has 0 radical (unpaired) electrons. The Morgan fingerprint density at radius 3 is 2.62 bits per heavy atom. The molecule has 0 unspecified atom stereocenters. The van der Waals surface area contributed by atoms with Gasteiger partial charge in [0.2, 0.25) is 0 Å². The molecule has 0 spiro atoms. The van der Waals surface area contributed by atoms with E-state index in [1.165, 1.54) is 11.3 Å². The maximum atomic E-state index is 12.0. The monoisotopic (exact) mass is 597 g/mol. The number of thiazole rings is 1. The molecule has 42 heavy (non-hydrogen) atoms. The van der Waals surface area contributed by atoms with Crippen molar-refractivity contribution < 1.29 is 14.6 Å². The summed E-state index contributed by atoms with van der Waals surface area (Å²) in [4.78, 5) is 30.6. The molecule has 0 fully saturated rings. The molecule has 0 saturated heterocycles. The molecule has 0 aliphatic heterocycles. The van der Waals surface area contributed by atoms with Gasteiger partial charge in [0.25, 0.3) is 0 Å². The van der Waals surface area contributed by atoms with Crippen LogP contribution in [0.15, 0.2) is 61.2 Å². The van der Waals surface area contributed by atoms with Gasteiger partial charge in [0.1, 0.15) is 21.9 Å². The number of nitrogens with zero attached hydrogens (tertiary/aromatic N) is 5. The molecule has 4 heterocycles. The summed E-state index contributed by atoms with van der Waals surface area (Å²) in [5.41, 5.74) is 7.54. The Labute approximate surface area is 251 Å². The van der Waals surface area contributed by atoms with Gasteiger partial charge in [0.15, 0.2) is 5.65 Å². The van der Waals surface area contributed by atoms with Crippen LogP contribution in [0.25, 0.3) is 54.3 Å². The lowest BCUT2D eigenvalue weighted by atomic mass is 9.92.